The first-order valence-electron chi connectivity index (χ1n) is 4.97. The molecular weight excluding hydrogens is 179 g/mol. The van der Waals surface area contributed by atoms with Crippen molar-refractivity contribution >= 4 is 5.69 Å². The maximum atomic E-state index is 13.5. The SMILES string of the molecule is CC1CN(CCN)c2cccc(F)c21. The fraction of sp³-hybridized carbons (Fsp3) is 0.455. The standard InChI is InChI=1S/C11H15FN2/c1-8-7-14(6-5-13)10-4-2-3-9(12)11(8)10/h2-4,8H,5-7,13H2,1H3. The number of rotatable bonds is 2. The highest BCUT2D eigenvalue weighted by Crippen LogP contribution is 2.37. The first-order valence-corrected chi connectivity index (χ1v) is 4.97. The van der Waals surface area contributed by atoms with Crippen LogP contribution in [0.1, 0.15) is 18.4 Å². The highest BCUT2D eigenvalue weighted by Gasteiger charge is 2.27. The van der Waals surface area contributed by atoms with Gasteiger partial charge in [0.1, 0.15) is 5.82 Å². The van der Waals surface area contributed by atoms with E-state index >= 15 is 0 Å². The molecule has 0 spiro atoms. The van der Waals surface area contributed by atoms with Crippen LogP contribution in [0.25, 0.3) is 0 Å². The van der Waals surface area contributed by atoms with Crippen molar-refractivity contribution < 1.29 is 4.39 Å². The number of anilines is 1. The normalized spacial score (nSPS) is 19.9. The maximum Gasteiger partial charge on any atom is 0.128 e. The molecular formula is C11H15FN2. The molecule has 2 rings (SSSR count). The topological polar surface area (TPSA) is 29.3 Å². The third-order valence-electron chi connectivity index (χ3n) is 2.76. The second kappa shape index (κ2) is 3.58. The Labute approximate surface area is 83.5 Å². The van der Waals surface area contributed by atoms with Crippen molar-refractivity contribution in [2.45, 2.75) is 12.8 Å². The Kier molecular flexibility index (Phi) is 2.42. The summed E-state index contributed by atoms with van der Waals surface area (Å²) < 4.78 is 13.5. The highest BCUT2D eigenvalue weighted by molar-refractivity contribution is 5.60. The minimum absolute atomic E-state index is 0.0884. The third kappa shape index (κ3) is 1.38. The van der Waals surface area contributed by atoms with Crippen LogP contribution >= 0.6 is 0 Å². The molecule has 0 fully saturated rings. The molecule has 0 aliphatic carbocycles. The van der Waals surface area contributed by atoms with Gasteiger partial charge in [-0.25, -0.2) is 4.39 Å². The lowest BCUT2D eigenvalue weighted by Crippen LogP contribution is -2.27. The Morgan fingerprint density at radius 3 is 3.07 bits per heavy atom. The van der Waals surface area contributed by atoms with Crippen LogP contribution in [0, 0.1) is 5.82 Å². The molecule has 0 saturated heterocycles. The summed E-state index contributed by atoms with van der Waals surface area (Å²) in [5.74, 6) is 0.187. The van der Waals surface area contributed by atoms with E-state index in [2.05, 4.69) is 11.8 Å². The minimum atomic E-state index is -0.0884. The lowest BCUT2D eigenvalue weighted by atomic mass is 10.0. The van der Waals surface area contributed by atoms with Gasteiger partial charge in [-0.05, 0) is 12.1 Å². The Balaban J connectivity index is 2.39. The van der Waals surface area contributed by atoms with E-state index in [1.165, 1.54) is 6.07 Å². The summed E-state index contributed by atoms with van der Waals surface area (Å²) in [5, 5.41) is 0. The maximum absolute atomic E-state index is 13.5. The summed E-state index contributed by atoms with van der Waals surface area (Å²) in [6, 6.07) is 5.26. The summed E-state index contributed by atoms with van der Waals surface area (Å²) >= 11 is 0. The van der Waals surface area contributed by atoms with Crippen LogP contribution in [0.2, 0.25) is 0 Å². The summed E-state index contributed by atoms with van der Waals surface area (Å²) in [4.78, 5) is 2.16. The monoisotopic (exact) mass is 194 g/mol. The number of halogens is 1. The molecule has 14 heavy (non-hydrogen) atoms. The van der Waals surface area contributed by atoms with E-state index in [1.54, 1.807) is 6.07 Å². The molecule has 2 nitrogen and oxygen atoms in total. The number of fused-ring (bicyclic) bond motifs is 1. The van der Waals surface area contributed by atoms with E-state index in [0.29, 0.717) is 6.54 Å². The minimum Gasteiger partial charge on any atom is -0.369 e. The van der Waals surface area contributed by atoms with Crippen molar-refractivity contribution in [1.29, 1.82) is 0 Å². The van der Waals surface area contributed by atoms with E-state index in [0.717, 1.165) is 24.3 Å². The first-order chi connectivity index (χ1) is 6.74. The van der Waals surface area contributed by atoms with Gasteiger partial charge in [-0.1, -0.05) is 13.0 Å². The number of nitrogens with two attached hydrogens (primary N) is 1. The van der Waals surface area contributed by atoms with Gasteiger partial charge >= 0.3 is 0 Å². The zero-order valence-corrected chi connectivity index (χ0v) is 8.33. The van der Waals surface area contributed by atoms with Gasteiger partial charge in [0.25, 0.3) is 0 Å². The number of hydrogen-bond acceptors (Lipinski definition) is 2. The molecule has 76 valence electrons. The largest absolute Gasteiger partial charge is 0.369 e. The quantitative estimate of drug-likeness (QED) is 0.776. The molecule has 0 aromatic heterocycles. The molecule has 1 heterocycles. The van der Waals surface area contributed by atoms with Crippen molar-refractivity contribution in [3.8, 4) is 0 Å². The first kappa shape index (κ1) is 9.46. The summed E-state index contributed by atoms with van der Waals surface area (Å²) in [6.07, 6.45) is 0. The second-order valence-electron chi connectivity index (χ2n) is 3.81. The average molecular weight is 194 g/mol. The third-order valence-corrected chi connectivity index (χ3v) is 2.76. The van der Waals surface area contributed by atoms with Gasteiger partial charge in [0.05, 0.1) is 0 Å². The lowest BCUT2D eigenvalue weighted by Gasteiger charge is -2.18. The highest BCUT2D eigenvalue weighted by atomic mass is 19.1. The van der Waals surface area contributed by atoms with E-state index in [4.69, 9.17) is 5.73 Å². The van der Waals surface area contributed by atoms with E-state index < -0.39 is 0 Å². The molecule has 0 saturated carbocycles. The van der Waals surface area contributed by atoms with Gasteiger partial charge in [0, 0.05) is 36.8 Å². The van der Waals surface area contributed by atoms with E-state index in [1.807, 2.05) is 6.07 Å². The fourth-order valence-corrected chi connectivity index (χ4v) is 2.18. The molecule has 1 aliphatic heterocycles. The predicted molar refractivity (Wildman–Crippen MR) is 56.1 cm³/mol. The molecule has 1 unspecified atom stereocenters. The van der Waals surface area contributed by atoms with Crippen molar-refractivity contribution in [3.05, 3.63) is 29.6 Å². The van der Waals surface area contributed by atoms with Crippen LogP contribution in [0.4, 0.5) is 10.1 Å². The fourth-order valence-electron chi connectivity index (χ4n) is 2.18. The molecule has 0 amide bonds. The molecule has 0 radical (unpaired) electrons. The van der Waals surface area contributed by atoms with Crippen molar-refractivity contribution in [2.75, 3.05) is 24.5 Å². The summed E-state index contributed by atoms with van der Waals surface area (Å²) in [5.41, 5.74) is 7.38. The van der Waals surface area contributed by atoms with Crippen molar-refractivity contribution in [3.63, 3.8) is 0 Å². The van der Waals surface area contributed by atoms with Gasteiger partial charge in [-0.15, -0.1) is 0 Å². The van der Waals surface area contributed by atoms with Gasteiger partial charge in [0.15, 0.2) is 0 Å². The van der Waals surface area contributed by atoms with Crippen LogP contribution in [0.15, 0.2) is 18.2 Å². The number of nitrogens with zero attached hydrogens (tertiary/aromatic N) is 1. The molecule has 1 aromatic rings. The molecule has 1 atom stereocenters. The van der Waals surface area contributed by atoms with E-state index in [-0.39, 0.29) is 11.7 Å². The Hall–Kier alpha value is -1.09. The van der Waals surface area contributed by atoms with Crippen LogP contribution < -0.4 is 10.6 Å². The van der Waals surface area contributed by atoms with Crippen LogP contribution in [0.3, 0.4) is 0 Å². The lowest BCUT2D eigenvalue weighted by molar-refractivity contribution is 0.601. The van der Waals surface area contributed by atoms with Gasteiger partial charge in [-0.3, -0.25) is 0 Å². The molecule has 2 N–H and O–H groups in total. The average Bonchev–Trinajstić information content (AvgIpc) is 2.46. The Morgan fingerprint density at radius 1 is 1.57 bits per heavy atom. The molecule has 0 bridgehead atoms. The summed E-state index contributed by atoms with van der Waals surface area (Å²) in [6.45, 7) is 4.36. The van der Waals surface area contributed by atoms with Gasteiger partial charge in [-0.2, -0.15) is 0 Å². The van der Waals surface area contributed by atoms with Gasteiger partial charge < -0.3 is 10.6 Å². The number of benzene rings is 1. The zero-order valence-electron chi connectivity index (χ0n) is 8.33. The molecule has 3 heteroatoms. The zero-order chi connectivity index (χ0) is 10.1. The molecule has 1 aromatic carbocycles. The number of hydrogen-bond donors (Lipinski definition) is 1. The van der Waals surface area contributed by atoms with Crippen molar-refractivity contribution in [1.82, 2.24) is 0 Å². The van der Waals surface area contributed by atoms with Crippen LogP contribution in [0.5, 0.6) is 0 Å². The smallest absolute Gasteiger partial charge is 0.128 e. The second-order valence-corrected chi connectivity index (χ2v) is 3.81. The van der Waals surface area contributed by atoms with Crippen LogP contribution in [-0.4, -0.2) is 19.6 Å². The molecule has 1 aliphatic rings. The van der Waals surface area contributed by atoms with Crippen LogP contribution in [-0.2, 0) is 0 Å². The van der Waals surface area contributed by atoms with Crippen molar-refractivity contribution in [2.24, 2.45) is 5.73 Å². The Bertz CT molecular complexity index is 338. The Morgan fingerprint density at radius 2 is 2.36 bits per heavy atom. The predicted octanol–water partition coefficient (Wildman–Crippen LogP) is 1.71. The van der Waals surface area contributed by atoms with Gasteiger partial charge in [0.2, 0.25) is 0 Å². The van der Waals surface area contributed by atoms with E-state index in [9.17, 15) is 4.39 Å². The summed E-state index contributed by atoms with van der Waals surface area (Å²) in [7, 11) is 0.